The summed E-state index contributed by atoms with van der Waals surface area (Å²) in [5.74, 6) is 0.922. The zero-order valence-electron chi connectivity index (χ0n) is 11.9. The summed E-state index contributed by atoms with van der Waals surface area (Å²) in [6, 6.07) is 5.68. The predicted molar refractivity (Wildman–Crippen MR) is 83.3 cm³/mol. The molecule has 0 aliphatic carbocycles. The Balaban J connectivity index is 1.85. The fourth-order valence-electron chi connectivity index (χ4n) is 2.12. The van der Waals surface area contributed by atoms with Crippen molar-refractivity contribution in [2.75, 3.05) is 52.2 Å². The first kappa shape index (κ1) is 15.1. The second-order valence-electron chi connectivity index (χ2n) is 4.89. The molecule has 1 aromatic carbocycles. The van der Waals surface area contributed by atoms with Crippen LogP contribution in [-0.2, 0) is 4.79 Å². The normalized spacial score (nSPS) is 16.1. The number of piperazine rings is 1. The molecule has 1 fully saturated rings. The first-order chi connectivity index (χ1) is 9.60. The number of likely N-dealkylation sites (N-methyl/N-ethyl adjacent to an activating group) is 1. The minimum atomic E-state index is 0.144. The van der Waals surface area contributed by atoms with Crippen LogP contribution in [0.2, 0.25) is 0 Å². The number of nitrogens with one attached hydrogen (secondary N) is 1. The third-order valence-corrected chi connectivity index (χ3v) is 4.07. The number of halogens is 1. The Morgan fingerprint density at radius 1 is 1.35 bits per heavy atom. The van der Waals surface area contributed by atoms with Crippen LogP contribution in [0.3, 0.4) is 0 Å². The summed E-state index contributed by atoms with van der Waals surface area (Å²) in [4.78, 5) is 16.2. The van der Waals surface area contributed by atoms with Gasteiger partial charge in [0.1, 0.15) is 5.75 Å². The van der Waals surface area contributed by atoms with Gasteiger partial charge >= 0.3 is 0 Å². The maximum Gasteiger partial charge on any atom is 0.241 e. The highest BCUT2D eigenvalue weighted by molar-refractivity contribution is 9.10. The Morgan fingerprint density at radius 2 is 2.05 bits per heavy atom. The van der Waals surface area contributed by atoms with Gasteiger partial charge in [-0.15, -0.1) is 0 Å². The molecule has 0 unspecified atom stereocenters. The number of ether oxygens (including phenoxy) is 1. The molecule has 0 radical (unpaired) electrons. The fourth-order valence-corrected chi connectivity index (χ4v) is 2.66. The number of methoxy groups -OCH3 is 1. The molecular formula is C14H20BrN3O2. The molecule has 1 aromatic rings. The lowest BCUT2D eigenvalue weighted by Crippen LogP contribution is -2.48. The Labute approximate surface area is 128 Å². The number of carbonyl (C=O) groups is 1. The summed E-state index contributed by atoms with van der Waals surface area (Å²) in [5, 5.41) is 3.15. The van der Waals surface area contributed by atoms with Crippen molar-refractivity contribution in [3.8, 4) is 5.75 Å². The zero-order chi connectivity index (χ0) is 14.5. The maximum absolute atomic E-state index is 12.1. The van der Waals surface area contributed by atoms with Crippen molar-refractivity contribution in [1.82, 2.24) is 9.80 Å². The zero-order valence-corrected chi connectivity index (χ0v) is 13.4. The minimum absolute atomic E-state index is 0.144. The SMILES string of the molecule is COc1ccc(NCC(=O)N2CCN(C)CC2)cc1Br. The summed E-state index contributed by atoms with van der Waals surface area (Å²) in [5.41, 5.74) is 0.903. The Kier molecular flexibility index (Phi) is 5.25. The molecule has 0 bridgehead atoms. The first-order valence-corrected chi connectivity index (χ1v) is 7.43. The average molecular weight is 342 g/mol. The Morgan fingerprint density at radius 3 is 2.65 bits per heavy atom. The quantitative estimate of drug-likeness (QED) is 0.904. The lowest BCUT2D eigenvalue weighted by Gasteiger charge is -2.32. The molecule has 6 heteroatoms. The van der Waals surface area contributed by atoms with Crippen molar-refractivity contribution in [2.24, 2.45) is 0 Å². The van der Waals surface area contributed by atoms with E-state index >= 15 is 0 Å². The molecule has 0 spiro atoms. The van der Waals surface area contributed by atoms with Crippen molar-refractivity contribution >= 4 is 27.5 Å². The van der Waals surface area contributed by atoms with Gasteiger partial charge in [0, 0.05) is 31.9 Å². The van der Waals surface area contributed by atoms with Crippen LogP contribution in [0.15, 0.2) is 22.7 Å². The second kappa shape index (κ2) is 6.95. The van der Waals surface area contributed by atoms with Crippen LogP contribution in [0.5, 0.6) is 5.75 Å². The Hall–Kier alpha value is -1.27. The second-order valence-corrected chi connectivity index (χ2v) is 5.74. The molecule has 1 N–H and O–H groups in total. The van der Waals surface area contributed by atoms with E-state index in [0.29, 0.717) is 6.54 Å². The van der Waals surface area contributed by atoms with Crippen molar-refractivity contribution in [3.05, 3.63) is 22.7 Å². The number of hydrogen-bond acceptors (Lipinski definition) is 4. The van der Waals surface area contributed by atoms with E-state index in [1.54, 1.807) is 7.11 Å². The van der Waals surface area contributed by atoms with Crippen LogP contribution in [0.4, 0.5) is 5.69 Å². The van der Waals surface area contributed by atoms with Gasteiger partial charge in [0.2, 0.25) is 5.91 Å². The molecule has 1 aliphatic heterocycles. The molecule has 110 valence electrons. The van der Waals surface area contributed by atoms with E-state index in [4.69, 9.17) is 4.74 Å². The number of anilines is 1. The predicted octanol–water partition coefficient (Wildman–Crippen LogP) is 1.64. The molecule has 0 saturated carbocycles. The first-order valence-electron chi connectivity index (χ1n) is 6.64. The van der Waals surface area contributed by atoms with E-state index in [1.807, 2.05) is 23.1 Å². The van der Waals surface area contributed by atoms with Crippen molar-refractivity contribution < 1.29 is 9.53 Å². The number of benzene rings is 1. The molecule has 5 nitrogen and oxygen atoms in total. The van der Waals surface area contributed by atoms with Crippen LogP contribution >= 0.6 is 15.9 Å². The van der Waals surface area contributed by atoms with E-state index in [1.165, 1.54) is 0 Å². The minimum Gasteiger partial charge on any atom is -0.496 e. The summed E-state index contributed by atoms with van der Waals surface area (Å²) < 4.78 is 6.05. The Bertz CT molecular complexity index is 473. The molecule has 1 amide bonds. The highest BCUT2D eigenvalue weighted by Crippen LogP contribution is 2.27. The lowest BCUT2D eigenvalue weighted by atomic mass is 10.3. The van der Waals surface area contributed by atoms with Crippen LogP contribution in [-0.4, -0.2) is 62.6 Å². The number of rotatable bonds is 4. The van der Waals surface area contributed by atoms with Crippen LogP contribution in [0, 0.1) is 0 Å². The van der Waals surface area contributed by atoms with Gasteiger partial charge in [-0.25, -0.2) is 0 Å². The summed E-state index contributed by atoms with van der Waals surface area (Å²) >= 11 is 3.43. The van der Waals surface area contributed by atoms with E-state index in [-0.39, 0.29) is 5.91 Å². The molecule has 1 aliphatic rings. The van der Waals surface area contributed by atoms with Crippen LogP contribution < -0.4 is 10.1 Å². The summed E-state index contributed by atoms with van der Waals surface area (Å²) in [7, 11) is 3.71. The van der Waals surface area contributed by atoms with Gasteiger partial charge in [0.15, 0.2) is 0 Å². The van der Waals surface area contributed by atoms with Gasteiger partial charge in [0.25, 0.3) is 0 Å². The van der Waals surface area contributed by atoms with Crippen molar-refractivity contribution in [2.45, 2.75) is 0 Å². The molecule has 0 atom stereocenters. The molecule has 1 heterocycles. The van der Waals surface area contributed by atoms with E-state index in [0.717, 1.165) is 42.1 Å². The third kappa shape index (κ3) is 3.86. The molecule has 1 saturated heterocycles. The maximum atomic E-state index is 12.1. The monoisotopic (exact) mass is 341 g/mol. The number of hydrogen-bond donors (Lipinski definition) is 1. The van der Waals surface area contributed by atoms with Crippen molar-refractivity contribution in [1.29, 1.82) is 0 Å². The number of carbonyl (C=O) groups excluding carboxylic acids is 1. The van der Waals surface area contributed by atoms with Gasteiger partial charge in [-0.1, -0.05) is 0 Å². The van der Waals surface area contributed by atoms with E-state index < -0.39 is 0 Å². The molecule has 20 heavy (non-hydrogen) atoms. The van der Waals surface area contributed by atoms with Gasteiger partial charge in [-0.05, 0) is 41.2 Å². The number of nitrogens with zero attached hydrogens (tertiary/aromatic N) is 2. The molecule has 0 aromatic heterocycles. The number of amides is 1. The summed E-state index contributed by atoms with van der Waals surface area (Å²) in [6.07, 6.45) is 0. The standard InChI is InChI=1S/C14H20BrN3O2/c1-17-5-7-18(8-6-17)14(19)10-16-11-3-4-13(20-2)12(15)9-11/h3-4,9,16H,5-8,10H2,1-2H3. The van der Waals surface area contributed by atoms with Crippen LogP contribution in [0.1, 0.15) is 0 Å². The van der Waals surface area contributed by atoms with E-state index in [9.17, 15) is 4.79 Å². The molecular weight excluding hydrogens is 322 g/mol. The lowest BCUT2D eigenvalue weighted by molar-refractivity contribution is -0.130. The average Bonchev–Trinajstić information content (AvgIpc) is 2.45. The molecule has 2 rings (SSSR count). The highest BCUT2D eigenvalue weighted by Gasteiger charge is 2.18. The van der Waals surface area contributed by atoms with Gasteiger partial charge in [-0.3, -0.25) is 4.79 Å². The topological polar surface area (TPSA) is 44.8 Å². The van der Waals surface area contributed by atoms with Gasteiger partial charge in [0.05, 0.1) is 18.1 Å². The van der Waals surface area contributed by atoms with Gasteiger partial charge in [-0.2, -0.15) is 0 Å². The van der Waals surface area contributed by atoms with Gasteiger partial charge < -0.3 is 19.9 Å². The highest BCUT2D eigenvalue weighted by atomic mass is 79.9. The third-order valence-electron chi connectivity index (χ3n) is 3.45. The van der Waals surface area contributed by atoms with Crippen molar-refractivity contribution in [3.63, 3.8) is 0 Å². The van der Waals surface area contributed by atoms with Crippen LogP contribution in [0.25, 0.3) is 0 Å². The largest absolute Gasteiger partial charge is 0.496 e. The smallest absolute Gasteiger partial charge is 0.241 e. The summed E-state index contributed by atoms with van der Waals surface area (Å²) in [6.45, 7) is 3.83. The van der Waals surface area contributed by atoms with E-state index in [2.05, 4.69) is 33.2 Å². The fraction of sp³-hybridized carbons (Fsp3) is 0.500.